The van der Waals surface area contributed by atoms with Gasteiger partial charge in [-0.3, -0.25) is 0 Å². The van der Waals surface area contributed by atoms with Gasteiger partial charge in [0.1, 0.15) is 0 Å². The smallest absolute Gasteiger partial charge is 0.207 e. The topological polar surface area (TPSA) is 37.4 Å². The molecule has 0 aliphatic carbocycles. The van der Waals surface area contributed by atoms with Crippen LogP contribution in [0.25, 0.3) is 0 Å². The average molecular weight is 289 g/mol. The van der Waals surface area contributed by atoms with Crippen LogP contribution >= 0.6 is 0 Å². The third-order valence-electron chi connectivity index (χ3n) is 3.41. The van der Waals surface area contributed by atoms with Gasteiger partial charge >= 0.3 is 0 Å². The average Bonchev–Trinajstić information content (AvgIpc) is 2.76. The maximum absolute atomic E-state index is 12.8. The zero-order valence-corrected chi connectivity index (χ0v) is 12.9. The Bertz CT molecular complexity index is 700. The highest BCUT2D eigenvalue weighted by molar-refractivity contribution is 7.89. The van der Waals surface area contributed by atoms with E-state index in [0.29, 0.717) is 18.0 Å². The fourth-order valence-electron chi connectivity index (χ4n) is 2.67. The zero-order chi connectivity index (χ0) is 14.9. The van der Waals surface area contributed by atoms with E-state index in [1.54, 1.807) is 6.08 Å². The number of aryl methyl sites for hydroxylation is 3. The van der Waals surface area contributed by atoms with Crippen LogP contribution in [0.4, 0.5) is 0 Å². The largest absolute Gasteiger partial charge is 0.244 e. The zero-order valence-electron chi connectivity index (χ0n) is 12.1. The fraction of sp³-hybridized carbons (Fsp3) is 0.312. The normalized spacial score (nSPS) is 15.8. The molecule has 106 valence electrons. The molecule has 0 saturated heterocycles. The molecule has 0 unspecified atom stereocenters. The fourth-order valence-corrected chi connectivity index (χ4v) is 4.45. The van der Waals surface area contributed by atoms with Crippen molar-refractivity contribution in [3.05, 3.63) is 58.9 Å². The van der Waals surface area contributed by atoms with Crippen molar-refractivity contribution < 1.29 is 8.42 Å². The number of rotatable bonds is 3. The second kappa shape index (κ2) is 5.41. The van der Waals surface area contributed by atoms with Crippen LogP contribution in [0.5, 0.6) is 0 Å². The van der Waals surface area contributed by atoms with E-state index >= 15 is 0 Å². The molecule has 2 rings (SSSR count). The summed E-state index contributed by atoms with van der Waals surface area (Å²) in [6.07, 6.45) is 3.62. The molecule has 4 heteroatoms. The van der Waals surface area contributed by atoms with E-state index < -0.39 is 10.0 Å². The summed E-state index contributed by atoms with van der Waals surface area (Å²) in [5.74, 6) is 0. The van der Waals surface area contributed by atoms with Gasteiger partial charge in [0.2, 0.25) is 10.0 Å². The van der Waals surface area contributed by atoms with Crippen molar-refractivity contribution in [1.29, 1.82) is 0 Å². The molecule has 1 heterocycles. The molecule has 1 aliphatic heterocycles. The molecular formula is C16H19NO2S. The van der Waals surface area contributed by atoms with Crippen LogP contribution in [0, 0.1) is 20.8 Å². The van der Waals surface area contributed by atoms with Crippen molar-refractivity contribution >= 4 is 10.0 Å². The lowest BCUT2D eigenvalue weighted by Gasteiger charge is -2.19. The van der Waals surface area contributed by atoms with E-state index in [2.05, 4.69) is 12.3 Å². The van der Waals surface area contributed by atoms with E-state index in [1.165, 1.54) is 4.31 Å². The minimum Gasteiger partial charge on any atom is -0.207 e. The van der Waals surface area contributed by atoms with Crippen molar-refractivity contribution in [3.63, 3.8) is 0 Å². The third-order valence-corrected chi connectivity index (χ3v) is 5.52. The highest BCUT2D eigenvalue weighted by Gasteiger charge is 2.30. The summed E-state index contributed by atoms with van der Waals surface area (Å²) in [6.45, 7) is 9.98. The second-order valence-corrected chi connectivity index (χ2v) is 7.03. The van der Waals surface area contributed by atoms with Gasteiger partial charge in [0.05, 0.1) is 4.90 Å². The molecule has 0 aromatic heterocycles. The highest BCUT2D eigenvalue weighted by atomic mass is 32.2. The molecule has 0 spiro atoms. The maximum Gasteiger partial charge on any atom is 0.244 e. The van der Waals surface area contributed by atoms with Crippen molar-refractivity contribution in [2.24, 2.45) is 0 Å². The second-order valence-electron chi connectivity index (χ2n) is 5.15. The summed E-state index contributed by atoms with van der Waals surface area (Å²) in [5, 5.41) is 0. The maximum atomic E-state index is 12.8. The first-order valence-electron chi connectivity index (χ1n) is 6.49. The SMILES string of the molecule is C=C=CC1=CCN(S(=O)(=O)c2c(C)cc(C)cc2C)C1. The Morgan fingerprint density at radius 2 is 1.85 bits per heavy atom. The minimum atomic E-state index is -3.45. The van der Waals surface area contributed by atoms with Gasteiger partial charge in [0.25, 0.3) is 0 Å². The van der Waals surface area contributed by atoms with E-state index in [1.807, 2.05) is 39.0 Å². The monoisotopic (exact) mass is 289 g/mol. The highest BCUT2D eigenvalue weighted by Crippen LogP contribution is 2.27. The number of hydrogen-bond acceptors (Lipinski definition) is 2. The Labute approximate surface area is 121 Å². The molecule has 0 amide bonds. The number of benzene rings is 1. The third kappa shape index (κ3) is 2.63. The Hall–Kier alpha value is -1.61. The van der Waals surface area contributed by atoms with Crippen LogP contribution in [-0.4, -0.2) is 25.8 Å². The summed E-state index contributed by atoms with van der Waals surface area (Å²) in [7, 11) is -3.45. The van der Waals surface area contributed by atoms with E-state index in [9.17, 15) is 8.42 Å². The summed E-state index contributed by atoms with van der Waals surface area (Å²) < 4.78 is 27.0. The first kappa shape index (κ1) is 14.8. The summed E-state index contributed by atoms with van der Waals surface area (Å²) in [4.78, 5) is 0.431. The Kier molecular flexibility index (Phi) is 4.00. The van der Waals surface area contributed by atoms with Crippen LogP contribution in [0.15, 0.2) is 47.1 Å². The summed E-state index contributed by atoms with van der Waals surface area (Å²) in [5.41, 5.74) is 6.30. The van der Waals surface area contributed by atoms with Gasteiger partial charge in [0, 0.05) is 13.1 Å². The van der Waals surface area contributed by atoms with Gasteiger partial charge in [-0.25, -0.2) is 8.42 Å². The van der Waals surface area contributed by atoms with Crippen molar-refractivity contribution in [2.45, 2.75) is 25.7 Å². The molecule has 0 atom stereocenters. The number of nitrogens with zero attached hydrogens (tertiary/aromatic N) is 1. The molecule has 1 aromatic carbocycles. The molecule has 20 heavy (non-hydrogen) atoms. The lowest BCUT2D eigenvalue weighted by molar-refractivity contribution is 0.484. The van der Waals surface area contributed by atoms with Crippen LogP contribution < -0.4 is 0 Å². The van der Waals surface area contributed by atoms with Crippen LogP contribution in [0.3, 0.4) is 0 Å². The quantitative estimate of drug-likeness (QED) is 0.802. The van der Waals surface area contributed by atoms with Gasteiger partial charge < -0.3 is 0 Å². The Morgan fingerprint density at radius 1 is 1.25 bits per heavy atom. The van der Waals surface area contributed by atoms with Crippen LogP contribution in [0.2, 0.25) is 0 Å². The lowest BCUT2D eigenvalue weighted by atomic mass is 10.1. The molecule has 1 aromatic rings. The molecule has 0 N–H and O–H groups in total. The van der Waals surface area contributed by atoms with Crippen molar-refractivity contribution in [1.82, 2.24) is 4.31 Å². The van der Waals surface area contributed by atoms with Crippen molar-refractivity contribution in [2.75, 3.05) is 13.1 Å². The standard InChI is InChI=1S/C16H19NO2S/c1-5-6-15-7-8-17(11-15)20(18,19)16-13(3)9-12(2)10-14(16)4/h6-7,9-10H,1,8,11H2,2-4H3. The van der Waals surface area contributed by atoms with Crippen molar-refractivity contribution in [3.8, 4) is 0 Å². The lowest BCUT2D eigenvalue weighted by Crippen LogP contribution is -2.30. The van der Waals surface area contributed by atoms with E-state index in [0.717, 1.165) is 22.3 Å². The summed E-state index contributed by atoms with van der Waals surface area (Å²) in [6, 6.07) is 3.82. The first-order valence-corrected chi connectivity index (χ1v) is 7.93. The minimum absolute atomic E-state index is 0.387. The predicted molar refractivity (Wildman–Crippen MR) is 81.2 cm³/mol. The molecule has 0 bridgehead atoms. The number of hydrogen-bond donors (Lipinski definition) is 0. The summed E-state index contributed by atoms with van der Waals surface area (Å²) >= 11 is 0. The van der Waals surface area contributed by atoms with E-state index in [4.69, 9.17) is 0 Å². The molecule has 3 nitrogen and oxygen atoms in total. The molecule has 0 saturated carbocycles. The van der Waals surface area contributed by atoms with Gasteiger partial charge in [0.15, 0.2) is 0 Å². The first-order chi connectivity index (χ1) is 9.36. The van der Waals surface area contributed by atoms with Gasteiger partial charge in [-0.05, 0) is 43.5 Å². The predicted octanol–water partition coefficient (Wildman–Crippen LogP) is 2.88. The van der Waals surface area contributed by atoms with Gasteiger partial charge in [-0.2, -0.15) is 4.31 Å². The Morgan fingerprint density at radius 3 is 2.40 bits per heavy atom. The Balaban J connectivity index is 2.41. The molecular weight excluding hydrogens is 270 g/mol. The van der Waals surface area contributed by atoms with E-state index in [-0.39, 0.29) is 0 Å². The van der Waals surface area contributed by atoms with Gasteiger partial charge in [-0.1, -0.05) is 30.4 Å². The van der Waals surface area contributed by atoms with Crippen LogP contribution in [0.1, 0.15) is 16.7 Å². The number of sulfonamides is 1. The molecule has 1 aliphatic rings. The molecule has 0 fully saturated rings. The van der Waals surface area contributed by atoms with Gasteiger partial charge in [-0.15, -0.1) is 5.73 Å². The van der Waals surface area contributed by atoms with Crippen LogP contribution in [-0.2, 0) is 10.0 Å². The molecule has 0 radical (unpaired) electrons.